The minimum atomic E-state index is -0.933. The Balaban J connectivity index is 1.98. The molecule has 2 aromatic carbocycles. The SMILES string of the molecule is CCCC[C@H]1CCCC[C@H](C)[C@@H](O)c2cc(O)c(c(O)c2)[C@@H](CCCC(Cl)Cl)CCCC[C@H](C)[C@@H](OC(N)=O)c2cc(O)c1c(O)c2. The molecule has 0 heterocycles. The second-order valence-electron chi connectivity index (χ2n) is 13.6. The predicted molar refractivity (Wildman–Crippen MR) is 188 cm³/mol. The molecule has 0 saturated heterocycles. The molecule has 0 spiro atoms. The number of aromatic hydroxyl groups is 4. The van der Waals surface area contributed by atoms with E-state index in [9.17, 15) is 30.3 Å². The van der Waals surface area contributed by atoms with E-state index in [-0.39, 0.29) is 46.7 Å². The summed E-state index contributed by atoms with van der Waals surface area (Å²) in [6.07, 6.45) is 8.00. The van der Waals surface area contributed by atoms with Gasteiger partial charge in [0.05, 0.1) is 6.10 Å². The second kappa shape index (κ2) is 18.8. The number of benzene rings is 2. The van der Waals surface area contributed by atoms with Gasteiger partial charge in [0.25, 0.3) is 0 Å². The van der Waals surface area contributed by atoms with Crippen molar-refractivity contribution < 1.29 is 35.1 Å². The lowest BCUT2D eigenvalue weighted by atomic mass is 9.83. The fraction of sp³-hybridized carbons (Fsp3) is 0.649. The molecule has 2 aromatic rings. The van der Waals surface area contributed by atoms with E-state index in [1.165, 1.54) is 0 Å². The number of nitrogens with two attached hydrogens (primary N) is 1. The van der Waals surface area contributed by atoms with Crippen molar-refractivity contribution in [1.29, 1.82) is 0 Å². The number of hydrogen-bond donors (Lipinski definition) is 6. The third-order valence-electron chi connectivity index (χ3n) is 9.91. The number of rotatable bonds is 8. The normalized spacial score (nSPS) is 24.9. The van der Waals surface area contributed by atoms with Gasteiger partial charge in [-0.1, -0.05) is 65.7 Å². The predicted octanol–water partition coefficient (Wildman–Crippen LogP) is 10.1. The van der Waals surface area contributed by atoms with Crippen LogP contribution in [-0.2, 0) is 4.74 Å². The first kappa shape index (κ1) is 38.9. The van der Waals surface area contributed by atoms with Gasteiger partial charge in [0.1, 0.15) is 33.9 Å². The van der Waals surface area contributed by atoms with Crippen LogP contribution in [0.1, 0.15) is 157 Å². The van der Waals surface area contributed by atoms with Gasteiger partial charge in [0.2, 0.25) is 0 Å². The molecule has 0 aliphatic heterocycles. The topological polar surface area (TPSA) is 153 Å². The number of aliphatic hydroxyl groups is 1. The number of hydrogen-bond acceptors (Lipinski definition) is 7. The Morgan fingerprint density at radius 3 is 1.70 bits per heavy atom. The van der Waals surface area contributed by atoms with Crippen LogP contribution in [0, 0.1) is 11.8 Å². The molecular weight excluding hydrogens is 641 g/mol. The van der Waals surface area contributed by atoms with Crippen LogP contribution in [0.3, 0.4) is 0 Å². The number of carbonyl (C=O) groups excluding carboxylic acids is 1. The van der Waals surface area contributed by atoms with E-state index in [1.807, 2.05) is 13.8 Å². The number of phenolic OH excluding ortho intramolecular Hbond substituents is 4. The van der Waals surface area contributed by atoms with E-state index < -0.39 is 23.1 Å². The molecule has 6 atom stereocenters. The zero-order valence-corrected chi connectivity index (χ0v) is 29.6. The Labute approximate surface area is 290 Å². The average molecular weight is 697 g/mol. The summed E-state index contributed by atoms with van der Waals surface area (Å²) in [6, 6.07) is 6.33. The molecule has 47 heavy (non-hydrogen) atoms. The number of phenols is 4. The Kier molecular flexibility index (Phi) is 15.6. The first-order valence-corrected chi connectivity index (χ1v) is 18.2. The molecule has 1 amide bonds. The first-order chi connectivity index (χ1) is 22.3. The van der Waals surface area contributed by atoms with E-state index in [4.69, 9.17) is 33.7 Å². The van der Waals surface area contributed by atoms with Crippen molar-refractivity contribution in [2.75, 3.05) is 0 Å². The molecule has 0 unspecified atom stereocenters. The van der Waals surface area contributed by atoms with Gasteiger partial charge in [0.15, 0.2) is 0 Å². The zero-order chi connectivity index (χ0) is 34.7. The summed E-state index contributed by atoms with van der Waals surface area (Å²) in [7, 11) is 0. The molecule has 8 nitrogen and oxygen atoms in total. The minimum Gasteiger partial charge on any atom is -0.508 e. The van der Waals surface area contributed by atoms with Crippen molar-refractivity contribution in [3.05, 3.63) is 46.5 Å². The third kappa shape index (κ3) is 11.3. The number of amides is 1. The average Bonchev–Trinajstić information content (AvgIpc) is 2.99. The smallest absolute Gasteiger partial charge is 0.405 e. The van der Waals surface area contributed by atoms with Gasteiger partial charge in [-0.3, -0.25) is 0 Å². The van der Waals surface area contributed by atoms with Crippen molar-refractivity contribution in [3.63, 3.8) is 0 Å². The molecule has 7 N–H and O–H groups in total. The monoisotopic (exact) mass is 695 g/mol. The van der Waals surface area contributed by atoms with E-state index in [0.717, 1.165) is 51.4 Å². The minimum absolute atomic E-state index is 0.0149. The molecule has 6 rings (SSSR count). The first-order valence-electron chi connectivity index (χ1n) is 17.4. The highest BCUT2D eigenvalue weighted by Crippen LogP contribution is 2.45. The molecule has 4 aliphatic carbocycles. The van der Waals surface area contributed by atoms with Crippen molar-refractivity contribution in [2.24, 2.45) is 17.6 Å². The number of unbranched alkanes of at least 4 members (excludes halogenated alkanes) is 1. The highest BCUT2D eigenvalue weighted by molar-refractivity contribution is 6.44. The standard InChI is InChI=1S/C37H55Cl2NO7/c1-4-5-13-24-14-8-6-11-22(2)35(45)26-18-28(41)34(29(42)19-26)25(16-10-17-32(38)39)15-9-7-12-23(3)36(47-37(40)46)27-20-30(43)33(24)31(44)21-27/h18-25,32,35-36,41-45H,4-17H2,1-3H3,(H2,40,46)/t22-,23-,24-,25+,35+,36+/m0/s1. The highest BCUT2D eigenvalue weighted by atomic mass is 35.5. The fourth-order valence-corrected chi connectivity index (χ4v) is 7.59. The van der Waals surface area contributed by atoms with Crippen LogP contribution < -0.4 is 5.73 Å². The van der Waals surface area contributed by atoms with Crippen LogP contribution >= 0.6 is 23.2 Å². The molecule has 0 fully saturated rings. The molecule has 4 bridgehead atoms. The fourth-order valence-electron chi connectivity index (χ4n) is 7.28. The van der Waals surface area contributed by atoms with E-state index >= 15 is 0 Å². The molecule has 264 valence electrons. The quantitative estimate of drug-likeness (QED) is 0.150. The largest absolute Gasteiger partial charge is 0.508 e. The lowest BCUT2D eigenvalue weighted by Crippen LogP contribution is -2.22. The Hall–Kier alpha value is -2.55. The van der Waals surface area contributed by atoms with E-state index in [2.05, 4.69) is 6.92 Å². The number of ether oxygens (including phenoxy) is 1. The number of halogens is 2. The van der Waals surface area contributed by atoms with Gasteiger partial charge >= 0.3 is 6.09 Å². The van der Waals surface area contributed by atoms with Gasteiger partial charge in [-0.2, -0.15) is 0 Å². The summed E-state index contributed by atoms with van der Waals surface area (Å²) in [5.41, 5.74) is 7.40. The number of alkyl halides is 2. The molecule has 0 radical (unpaired) electrons. The van der Waals surface area contributed by atoms with Crippen molar-refractivity contribution >= 4 is 29.3 Å². The summed E-state index contributed by atoms with van der Waals surface area (Å²) in [4.78, 5) is 11.4. The second-order valence-corrected chi connectivity index (χ2v) is 14.9. The summed E-state index contributed by atoms with van der Waals surface area (Å²) < 4.78 is 5.55. The maximum Gasteiger partial charge on any atom is 0.405 e. The lowest BCUT2D eigenvalue weighted by molar-refractivity contribution is 0.0690. The number of aliphatic hydroxyl groups excluding tert-OH is 1. The number of primary amides is 1. The van der Waals surface area contributed by atoms with E-state index in [1.54, 1.807) is 24.3 Å². The molecular formula is C37H55Cl2NO7. The zero-order valence-electron chi connectivity index (χ0n) is 28.1. The molecule has 0 saturated carbocycles. The third-order valence-corrected chi connectivity index (χ3v) is 10.3. The Morgan fingerprint density at radius 1 is 0.787 bits per heavy atom. The van der Waals surface area contributed by atoms with Gasteiger partial charge in [-0.15, -0.1) is 23.2 Å². The van der Waals surface area contributed by atoms with Crippen molar-refractivity contribution in [2.45, 2.75) is 140 Å². The summed E-state index contributed by atoms with van der Waals surface area (Å²) >= 11 is 12.0. The van der Waals surface area contributed by atoms with E-state index in [0.29, 0.717) is 60.8 Å². The van der Waals surface area contributed by atoms with Crippen LogP contribution in [0.25, 0.3) is 0 Å². The summed E-state index contributed by atoms with van der Waals surface area (Å²) in [6.45, 7) is 6.01. The van der Waals surface area contributed by atoms with Crippen LogP contribution in [0.5, 0.6) is 23.0 Å². The van der Waals surface area contributed by atoms with Crippen LogP contribution in [0.2, 0.25) is 0 Å². The van der Waals surface area contributed by atoms with Crippen LogP contribution in [0.4, 0.5) is 4.79 Å². The molecule has 0 aromatic heterocycles. The van der Waals surface area contributed by atoms with Gasteiger partial charge in [0, 0.05) is 16.7 Å². The van der Waals surface area contributed by atoms with Crippen LogP contribution in [0.15, 0.2) is 24.3 Å². The van der Waals surface area contributed by atoms with Gasteiger partial charge in [-0.05, 0) is 98.4 Å². The molecule has 4 aliphatic rings. The Morgan fingerprint density at radius 2 is 1.23 bits per heavy atom. The van der Waals surface area contributed by atoms with Gasteiger partial charge in [-0.25, -0.2) is 4.79 Å². The lowest BCUT2D eigenvalue weighted by Gasteiger charge is -2.27. The van der Waals surface area contributed by atoms with Crippen LogP contribution in [-0.4, -0.2) is 36.5 Å². The summed E-state index contributed by atoms with van der Waals surface area (Å²) in [5, 5.41) is 56.0. The van der Waals surface area contributed by atoms with Crippen molar-refractivity contribution in [1.82, 2.24) is 0 Å². The summed E-state index contributed by atoms with van der Waals surface area (Å²) in [5.74, 6) is -0.636. The van der Waals surface area contributed by atoms with Gasteiger partial charge < -0.3 is 36.0 Å². The Bertz CT molecular complexity index is 1240. The number of carbonyl (C=O) groups is 1. The highest BCUT2D eigenvalue weighted by Gasteiger charge is 2.29. The molecule has 10 heteroatoms. The van der Waals surface area contributed by atoms with Crippen molar-refractivity contribution in [3.8, 4) is 23.0 Å². The maximum absolute atomic E-state index is 12.0. The maximum atomic E-state index is 12.0.